The predicted molar refractivity (Wildman–Crippen MR) is 83.5 cm³/mol. The molecule has 1 aromatic rings. The quantitative estimate of drug-likeness (QED) is 0.828. The van der Waals surface area contributed by atoms with Gasteiger partial charge in [-0.15, -0.1) is 0 Å². The zero-order valence-electron chi connectivity index (χ0n) is 12.9. The van der Waals surface area contributed by atoms with Crippen LogP contribution in [0, 0.1) is 35.5 Å². The second-order valence-corrected chi connectivity index (χ2v) is 6.11. The van der Waals surface area contributed by atoms with E-state index in [0.717, 1.165) is 19.5 Å². The van der Waals surface area contributed by atoms with Crippen molar-refractivity contribution < 1.29 is 0 Å². The normalized spacial score (nSPS) is 23.4. The molecule has 0 saturated carbocycles. The number of nitriles is 2. The molecule has 1 saturated heterocycles. The molecule has 1 fully saturated rings. The van der Waals surface area contributed by atoms with E-state index >= 15 is 0 Å². The van der Waals surface area contributed by atoms with Crippen LogP contribution in [0.2, 0.25) is 0 Å². The lowest BCUT2D eigenvalue weighted by molar-refractivity contribution is 0.240. The number of rotatable bonds is 5. The molecule has 2 rings (SSSR count). The van der Waals surface area contributed by atoms with Crippen molar-refractivity contribution in [1.82, 2.24) is 4.90 Å². The van der Waals surface area contributed by atoms with Crippen molar-refractivity contribution in [2.45, 2.75) is 45.1 Å². The Hall–Kier alpha value is -1.84. The summed E-state index contributed by atoms with van der Waals surface area (Å²) < 4.78 is 0. The minimum Gasteiger partial charge on any atom is -0.299 e. The highest BCUT2D eigenvalue weighted by molar-refractivity contribution is 5.30. The Balaban J connectivity index is 2.00. The van der Waals surface area contributed by atoms with Crippen molar-refractivity contribution in [1.29, 1.82) is 10.5 Å². The summed E-state index contributed by atoms with van der Waals surface area (Å²) in [4.78, 5) is 2.42. The van der Waals surface area contributed by atoms with Gasteiger partial charge in [-0.25, -0.2) is 0 Å². The second kappa shape index (κ2) is 7.25. The first-order valence-corrected chi connectivity index (χ1v) is 7.71. The monoisotopic (exact) mass is 281 g/mol. The van der Waals surface area contributed by atoms with Crippen molar-refractivity contribution in [2.75, 3.05) is 13.1 Å². The lowest BCUT2D eigenvalue weighted by Crippen LogP contribution is -2.32. The topological polar surface area (TPSA) is 50.8 Å². The van der Waals surface area contributed by atoms with Crippen LogP contribution in [0.1, 0.15) is 43.2 Å². The Kier molecular flexibility index (Phi) is 5.37. The van der Waals surface area contributed by atoms with E-state index in [1.54, 1.807) is 0 Å². The van der Waals surface area contributed by atoms with Gasteiger partial charge in [0.1, 0.15) is 0 Å². The third-order valence-electron chi connectivity index (χ3n) is 4.57. The fourth-order valence-corrected chi connectivity index (χ4v) is 3.34. The number of likely N-dealkylation sites (tertiary alicyclic amines) is 1. The smallest absolute Gasteiger partial charge is 0.0669 e. The summed E-state index contributed by atoms with van der Waals surface area (Å²) in [6, 6.07) is 13.6. The van der Waals surface area contributed by atoms with Gasteiger partial charge in [0.25, 0.3) is 0 Å². The standard InChI is InChI=1S/C18H23N3/c1-14-6-3-4-8-18(14)17-10-15(2)21(13-17)12-16(11-20)7-5-9-19/h3-4,6,8,15-17H,5,7,10,12-13H2,1-2H3/t15-,16+,17-/m1/s1. The number of aryl methyl sites for hydroxylation is 1. The van der Waals surface area contributed by atoms with Crippen LogP contribution in [0.4, 0.5) is 0 Å². The maximum Gasteiger partial charge on any atom is 0.0669 e. The van der Waals surface area contributed by atoms with Crippen molar-refractivity contribution in [3.05, 3.63) is 35.4 Å². The van der Waals surface area contributed by atoms with Crippen LogP contribution < -0.4 is 0 Å². The van der Waals surface area contributed by atoms with E-state index in [9.17, 15) is 5.26 Å². The van der Waals surface area contributed by atoms with Crippen LogP contribution in [0.3, 0.4) is 0 Å². The van der Waals surface area contributed by atoms with E-state index in [4.69, 9.17) is 5.26 Å². The SMILES string of the molecule is Cc1ccccc1[C@@H]1C[C@@H](C)N(C[C@H](C#N)CCC#N)C1. The summed E-state index contributed by atoms with van der Waals surface area (Å²) >= 11 is 0. The molecule has 0 radical (unpaired) electrons. The van der Waals surface area contributed by atoms with Gasteiger partial charge in [-0.3, -0.25) is 4.90 Å². The van der Waals surface area contributed by atoms with Gasteiger partial charge in [0.2, 0.25) is 0 Å². The number of nitrogens with zero attached hydrogens (tertiary/aromatic N) is 3. The first kappa shape index (κ1) is 15.5. The lowest BCUT2D eigenvalue weighted by atomic mass is 9.93. The van der Waals surface area contributed by atoms with Crippen LogP contribution in [0.15, 0.2) is 24.3 Å². The summed E-state index contributed by atoms with van der Waals surface area (Å²) in [6.07, 6.45) is 2.31. The van der Waals surface area contributed by atoms with E-state index in [1.165, 1.54) is 11.1 Å². The van der Waals surface area contributed by atoms with Crippen molar-refractivity contribution >= 4 is 0 Å². The lowest BCUT2D eigenvalue weighted by Gasteiger charge is -2.23. The molecule has 0 spiro atoms. The van der Waals surface area contributed by atoms with Crippen LogP contribution in [-0.2, 0) is 0 Å². The molecule has 3 nitrogen and oxygen atoms in total. The molecule has 3 atom stereocenters. The van der Waals surface area contributed by atoms with Gasteiger partial charge < -0.3 is 0 Å². The fraction of sp³-hybridized carbons (Fsp3) is 0.556. The van der Waals surface area contributed by atoms with E-state index in [0.29, 0.717) is 24.8 Å². The second-order valence-electron chi connectivity index (χ2n) is 6.11. The van der Waals surface area contributed by atoms with Gasteiger partial charge in [-0.2, -0.15) is 10.5 Å². The molecule has 110 valence electrons. The molecule has 21 heavy (non-hydrogen) atoms. The highest BCUT2D eigenvalue weighted by atomic mass is 15.2. The van der Waals surface area contributed by atoms with E-state index in [-0.39, 0.29) is 5.92 Å². The maximum absolute atomic E-state index is 9.24. The average molecular weight is 281 g/mol. The van der Waals surface area contributed by atoms with E-state index < -0.39 is 0 Å². The van der Waals surface area contributed by atoms with Crippen LogP contribution in [0.5, 0.6) is 0 Å². The molecule has 0 amide bonds. The molecule has 1 aromatic carbocycles. The van der Waals surface area contributed by atoms with Gasteiger partial charge in [0, 0.05) is 25.6 Å². The van der Waals surface area contributed by atoms with Gasteiger partial charge in [-0.05, 0) is 43.7 Å². The van der Waals surface area contributed by atoms with E-state index in [2.05, 4.69) is 55.2 Å². The molecular weight excluding hydrogens is 258 g/mol. The van der Waals surface area contributed by atoms with Gasteiger partial charge in [0.05, 0.1) is 18.1 Å². The Morgan fingerprint density at radius 2 is 2.10 bits per heavy atom. The third kappa shape index (κ3) is 3.84. The summed E-state index contributed by atoms with van der Waals surface area (Å²) in [6.45, 7) is 6.24. The Morgan fingerprint density at radius 3 is 2.76 bits per heavy atom. The summed E-state index contributed by atoms with van der Waals surface area (Å²) in [5.41, 5.74) is 2.80. The average Bonchev–Trinajstić information content (AvgIpc) is 2.84. The molecule has 1 aliphatic heterocycles. The Labute approximate surface area is 127 Å². The van der Waals surface area contributed by atoms with Crippen molar-refractivity contribution in [3.63, 3.8) is 0 Å². The Bertz CT molecular complexity index is 552. The fourth-order valence-electron chi connectivity index (χ4n) is 3.34. The minimum atomic E-state index is -0.0253. The molecule has 0 aromatic heterocycles. The number of hydrogen-bond acceptors (Lipinski definition) is 3. The highest BCUT2D eigenvalue weighted by Crippen LogP contribution is 2.33. The molecule has 0 unspecified atom stereocenters. The summed E-state index contributed by atoms with van der Waals surface area (Å²) in [5, 5.41) is 17.9. The molecule has 0 N–H and O–H groups in total. The van der Waals surface area contributed by atoms with Crippen LogP contribution in [0.25, 0.3) is 0 Å². The van der Waals surface area contributed by atoms with Gasteiger partial charge in [-0.1, -0.05) is 24.3 Å². The Morgan fingerprint density at radius 1 is 1.33 bits per heavy atom. The molecule has 1 aliphatic rings. The van der Waals surface area contributed by atoms with Gasteiger partial charge >= 0.3 is 0 Å². The maximum atomic E-state index is 9.24. The zero-order chi connectivity index (χ0) is 15.2. The van der Waals surface area contributed by atoms with Gasteiger partial charge in [0.15, 0.2) is 0 Å². The predicted octanol–water partition coefficient (Wildman–Crippen LogP) is 3.62. The number of benzene rings is 1. The first-order chi connectivity index (χ1) is 10.2. The van der Waals surface area contributed by atoms with Crippen LogP contribution >= 0.6 is 0 Å². The van der Waals surface area contributed by atoms with Crippen LogP contribution in [-0.4, -0.2) is 24.0 Å². The summed E-state index contributed by atoms with van der Waals surface area (Å²) in [5.74, 6) is 0.541. The molecule has 0 aliphatic carbocycles. The highest BCUT2D eigenvalue weighted by Gasteiger charge is 2.31. The summed E-state index contributed by atoms with van der Waals surface area (Å²) in [7, 11) is 0. The van der Waals surface area contributed by atoms with Crippen molar-refractivity contribution in [3.8, 4) is 12.1 Å². The largest absolute Gasteiger partial charge is 0.299 e. The third-order valence-corrected chi connectivity index (χ3v) is 4.57. The van der Waals surface area contributed by atoms with E-state index in [1.807, 2.05) is 0 Å². The zero-order valence-corrected chi connectivity index (χ0v) is 12.9. The first-order valence-electron chi connectivity index (χ1n) is 7.71. The molecule has 1 heterocycles. The molecule has 0 bridgehead atoms. The van der Waals surface area contributed by atoms with Crippen molar-refractivity contribution in [2.24, 2.45) is 5.92 Å². The number of hydrogen-bond donors (Lipinski definition) is 0. The molecular formula is C18H23N3. The minimum absolute atomic E-state index is 0.0253. The molecule has 3 heteroatoms.